The van der Waals surface area contributed by atoms with Gasteiger partial charge in [0.2, 0.25) is 10.0 Å². The Bertz CT molecular complexity index is 526. The van der Waals surface area contributed by atoms with Crippen LogP contribution in [0.3, 0.4) is 0 Å². The molecule has 0 amide bonds. The third-order valence-electron chi connectivity index (χ3n) is 4.22. The van der Waals surface area contributed by atoms with Crippen LogP contribution in [0.25, 0.3) is 0 Å². The monoisotopic (exact) mass is 329 g/mol. The minimum atomic E-state index is -3.27. The normalized spacial score (nSPS) is 18.2. The fourth-order valence-corrected chi connectivity index (χ4v) is 5.45. The van der Waals surface area contributed by atoms with Gasteiger partial charge in [-0.15, -0.1) is 11.6 Å². The lowest BCUT2D eigenvalue weighted by Crippen LogP contribution is -2.42. The standard InChI is InChI=1S/C16H24ClNO2S/c1-14(15-7-3-2-4-8-15)13-21(19,20)18(12-11-17)16-9-5-6-10-16/h2-4,7-8,14,16H,5-6,9-13H2,1H3. The molecule has 0 spiro atoms. The zero-order valence-electron chi connectivity index (χ0n) is 12.5. The van der Waals surface area contributed by atoms with Crippen LogP contribution in [0.2, 0.25) is 0 Å². The minimum absolute atomic E-state index is 0.00423. The van der Waals surface area contributed by atoms with Crippen LogP contribution in [0.1, 0.15) is 44.1 Å². The van der Waals surface area contributed by atoms with Crippen LogP contribution < -0.4 is 0 Å². The molecule has 1 aliphatic rings. The van der Waals surface area contributed by atoms with E-state index in [-0.39, 0.29) is 17.7 Å². The topological polar surface area (TPSA) is 37.4 Å². The molecular weight excluding hydrogens is 306 g/mol. The second kappa shape index (κ2) is 7.61. The highest BCUT2D eigenvalue weighted by molar-refractivity contribution is 7.89. The molecule has 1 saturated carbocycles. The van der Waals surface area contributed by atoms with E-state index < -0.39 is 10.0 Å². The van der Waals surface area contributed by atoms with E-state index in [1.807, 2.05) is 37.3 Å². The van der Waals surface area contributed by atoms with Gasteiger partial charge in [-0.3, -0.25) is 0 Å². The van der Waals surface area contributed by atoms with Crippen molar-refractivity contribution in [2.45, 2.75) is 44.6 Å². The molecule has 1 fully saturated rings. The number of halogens is 1. The number of alkyl halides is 1. The second-order valence-corrected chi connectivity index (χ2v) is 8.17. The molecule has 1 atom stereocenters. The van der Waals surface area contributed by atoms with E-state index in [0.29, 0.717) is 12.4 Å². The maximum Gasteiger partial charge on any atom is 0.214 e. The molecule has 3 nitrogen and oxygen atoms in total. The van der Waals surface area contributed by atoms with Crippen molar-refractivity contribution < 1.29 is 8.42 Å². The summed E-state index contributed by atoms with van der Waals surface area (Å²) in [6, 6.07) is 9.97. The minimum Gasteiger partial charge on any atom is -0.212 e. The third kappa shape index (κ3) is 4.44. The van der Waals surface area contributed by atoms with Crippen LogP contribution in [-0.4, -0.2) is 36.9 Å². The predicted molar refractivity (Wildman–Crippen MR) is 88.3 cm³/mol. The van der Waals surface area contributed by atoms with Crippen molar-refractivity contribution in [1.29, 1.82) is 0 Å². The maximum atomic E-state index is 12.8. The molecule has 118 valence electrons. The Labute approximate surface area is 133 Å². The fourth-order valence-electron chi connectivity index (χ4n) is 3.11. The maximum absolute atomic E-state index is 12.8. The number of hydrogen-bond acceptors (Lipinski definition) is 2. The van der Waals surface area contributed by atoms with E-state index in [1.165, 1.54) is 0 Å². The summed E-state index contributed by atoms with van der Waals surface area (Å²) >= 11 is 5.83. The molecule has 0 heterocycles. The van der Waals surface area contributed by atoms with Crippen LogP contribution in [-0.2, 0) is 10.0 Å². The van der Waals surface area contributed by atoms with Crippen molar-refractivity contribution >= 4 is 21.6 Å². The van der Waals surface area contributed by atoms with Gasteiger partial charge in [0, 0.05) is 18.5 Å². The molecule has 21 heavy (non-hydrogen) atoms. The first-order valence-corrected chi connectivity index (χ1v) is 9.79. The van der Waals surface area contributed by atoms with Crippen molar-refractivity contribution in [2.24, 2.45) is 0 Å². The molecule has 0 saturated heterocycles. The number of benzene rings is 1. The van der Waals surface area contributed by atoms with Crippen molar-refractivity contribution in [3.05, 3.63) is 35.9 Å². The first-order valence-electron chi connectivity index (χ1n) is 7.65. The number of rotatable bonds is 7. The van der Waals surface area contributed by atoms with Gasteiger partial charge in [-0.1, -0.05) is 50.1 Å². The van der Waals surface area contributed by atoms with E-state index in [9.17, 15) is 8.42 Å². The van der Waals surface area contributed by atoms with Crippen LogP contribution in [0.5, 0.6) is 0 Å². The lowest BCUT2D eigenvalue weighted by Gasteiger charge is -2.28. The number of hydrogen-bond donors (Lipinski definition) is 0. The number of nitrogens with zero attached hydrogens (tertiary/aromatic N) is 1. The lowest BCUT2D eigenvalue weighted by atomic mass is 10.0. The molecule has 1 aliphatic carbocycles. The zero-order chi connectivity index (χ0) is 15.3. The Kier molecular flexibility index (Phi) is 6.08. The molecule has 0 aliphatic heterocycles. The summed E-state index contributed by atoms with van der Waals surface area (Å²) in [7, 11) is -3.27. The van der Waals surface area contributed by atoms with Gasteiger partial charge in [-0.05, 0) is 24.3 Å². The van der Waals surface area contributed by atoms with Gasteiger partial charge in [0.15, 0.2) is 0 Å². The largest absolute Gasteiger partial charge is 0.214 e. The number of sulfonamides is 1. The third-order valence-corrected chi connectivity index (χ3v) is 6.51. The van der Waals surface area contributed by atoms with E-state index in [2.05, 4.69) is 0 Å². The van der Waals surface area contributed by atoms with Crippen molar-refractivity contribution in [1.82, 2.24) is 4.31 Å². The van der Waals surface area contributed by atoms with Crippen LogP contribution in [0.4, 0.5) is 0 Å². The van der Waals surface area contributed by atoms with E-state index in [4.69, 9.17) is 11.6 Å². The molecule has 1 aromatic rings. The lowest BCUT2D eigenvalue weighted by molar-refractivity contribution is 0.336. The highest BCUT2D eigenvalue weighted by atomic mass is 35.5. The quantitative estimate of drug-likeness (QED) is 0.717. The van der Waals surface area contributed by atoms with Gasteiger partial charge in [0.05, 0.1) is 5.75 Å². The highest BCUT2D eigenvalue weighted by Gasteiger charge is 2.32. The molecule has 1 unspecified atom stereocenters. The molecule has 0 N–H and O–H groups in total. The van der Waals surface area contributed by atoms with Crippen LogP contribution in [0.15, 0.2) is 30.3 Å². The van der Waals surface area contributed by atoms with Crippen molar-refractivity contribution in [3.8, 4) is 0 Å². The molecule has 1 aromatic carbocycles. The van der Waals surface area contributed by atoms with E-state index >= 15 is 0 Å². The zero-order valence-corrected chi connectivity index (χ0v) is 14.1. The van der Waals surface area contributed by atoms with Crippen molar-refractivity contribution in [3.63, 3.8) is 0 Å². The summed E-state index contributed by atoms with van der Waals surface area (Å²) in [5, 5.41) is 0. The molecule has 5 heteroatoms. The average Bonchev–Trinajstić information content (AvgIpc) is 2.98. The van der Waals surface area contributed by atoms with Gasteiger partial charge in [0.25, 0.3) is 0 Å². The highest BCUT2D eigenvalue weighted by Crippen LogP contribution is 2.28. The summed E-state index contributed by atoms with van der Waals surface area (Å²) in [5.74, 6) is 0.510. The summed E-state index contributed by atoms with van der Waals surface area (Å²) < 4.78 is 27.2. The molecule has 0 bridgehead atoms. The molecule has 2 rings (SSSR count). The van der Waals surface area contributed by atoms with Crippen molar-refractivity contribution in [2.75, 3.05) is 18.2 Å². The predicted octanol–water partition coefficient (Wildman–Crippen LogP) is 3.60. The fraction of sp³-hybridized carbons (Fsp3) is 0.625. The first kappa shape index (κ1) is 16.8. The summed E-state index contributed by atoms with van der Waals surface area (Å²) in [6.07, 6.45) is 4.17. The summed E-state index contributed by atoms with van der Waals surface area (Å²) in [6.45, 7) is 2.40. The second-order valence-electron chi connectivity index (χ2n) is 5.83. The Hall–Kier alpha value is -0.580. The average molecular weight is 330 g/mol. The molecule has 0 aromatic heterocycles. The Morgan fingerprint density at radius 2 is 1.86 bits per heavy atom. The van der Waals surface area contributed by atoms with Gasteiger partial charge in [-0.2, -0.15) is 4.31 Å². The Morgan fingerprint density at radius 1 is 1.24 bits per heavy atom. The van der Waals surface area contributed by atoms with Gasteiger partial charge < -0.3 is 0 Å². The van der Waals surface area contributed by atoms with E-state index in [1.54, 1.807) is 4.31 Å². The SMILES string of the molecule is CC(CS(=O)(=O)N(CCCl)C1CCCC1)c1ccccc1. The van der Waals surface area contributed by atoms with Crippen LogP contribution >= 0.6 is 11.6 Å². The first-order chi connectivity index (χ1) is 10.0. The van der Waals surface area contributed by atoms with Gasteiger partial charge >= 0.3 is 0 Å². The van der Waals surface area contributed by atoms with Gasteiger partial charge in [0.1, 0.15) is 0 Å². The van der Waals surface area contributed by atoms with E-state index in [0.717, 1.165) is 31.2 Å². The summed E-state index contributed by atoms with van der Waals surface area (Å²) in [5.41, 5.74) is 1.07. The molecule has 0 radical (unpaired) electrons. The molecular formula is C16H24ClNO2S. The summed E-state index contributed by atoms with van der Waals surface area (Å²) in [4.78, 5) is 0. The van der Waals surface area contributed by atoms with Crippen LogP contribution in [0, 0.1) is 0 Å². The van der Waals surface area contributed by atoms with Gasteiger partial charge in [-0.25, -0.2) is 8.42 Å². The Morgan fingerprint density at radius 3 is 2.43 bits per heavy atom. The smallest absolute Gasteiger partial charge is 0.212 e. The Balaban J connectivity index is 2.11.